The maximum Gasteiger partial charge on any atom is 0.265 e. The van der Waals surface area contributed by atoms with Gasteiger partial charge in [0.2, 0.25) is 5.76 Å². The molecule has 0 amide bonds. The average molecular weight is 374 g/mol. The van der Waals surface area contributed by atoms with E-state index in [-0.39, 0.29) is 34.6 Å². The molecule has 3 fully saturated rings. The summed E-state index contributed by atoms with van der Waals surface area (Å²) in [6.45, 7) is 8.00. The molecule has 0 heterocycles. The van der Waals surface area contributed by atoms with Gasteiger partial charge in [-0.25, -0.2) is 0 Å². The number of carbonyl (C=O) groups excluding carboxylic acids is 2. The van der Waals surface area contributed by atoms with Crippen molar-refractivity contribution in [3.63, 3.8) is 0 Å². The lowest BCUT2D eigenvalue weighted by molar-refractivity contribution is -0.129. The molecule has 27 heavy (non-hydrogen) atoms. The molecule has 0 aromatic heterocycles. The van der Waals surface area contributed by atoms with Crippen LogP contribution in [0.5, 0.6) is 0 Å². The van der Waals surface area contributed by atoms with E-state index in [9.17, 15) is 24.9 Å². The van der Waals surface area contributed by atoms with Crippen molar-refractivity contribution < 1.29 is 24.9 Å². The first kappa shape index (κ1) is 18.6. The predicted molar refractivity (Wildman–Crippen MR) is 100 cm³/mol. The molecular weight excluding hydrogens is 344 g/mol. The summed E-state index contributed by atoms with van der Waals surface area (Å²) in [6.07, 6.45) is 4.08. The minimum atomic E-state index is -0.899. The molecule has 4 aliphatic rings. The van der Waals surface area contributed by atoms with Gasteiger partial charge in [-0.15, -0.1) is 0 Å². The third kappa shape index (κ3) is 2.11. The lowest BCUT2D eigenvalue weighted by Crippen LogP contribution is -2.52. The minimum Gasteiger partial charge on any atom is -0.507 e. The van der Waals surface area contributed by atoms with Crippen LogP contribution in [0.25, 0.3) is 0 Å². The fraction of sp³-hybridized carbons (Fsp3) is 0.727. The molecule has 3 N–H and O–H groups in total. The van der Waals surface area contributed by atoms with Crippen molar-refractivity contribution in [2.24, 2.45) is 40.4 Å². The van der Waals surface area contributed by atoms with Gasteiger partial charge in [0.05, 0.1) is 5.41 Å². The molecule has 148 valence electrons. The van der Waals surface area contributed by atoms with Crippen LogP contribution in [-0.2, 0) is 9.59 Å². The molecule has 0 aliphatic heterocycles. The van der Waals surface area contributed by atoms with Gasteiger partial charge in [0.1, 0.15) is 11.5 Å². The number of ketones is 2. The lowest BCUT2D eigenvalue weighted by Gasteiger charge is -2.57. The number of aliphatic hydroxyl groups excluding tert-OH is 3. The maximum atomic E-state index is 12.4. The van der Waals surface area contributed by atoms with Crippen LogP contribution in [0.15, 0.2) is 22.9 Å². The first-order chi connectivity index (χ1) is 12.5. The van der Waals surface area contributed by atoms with Gasteiger partial charge in [-0.1, -0.05) is 13.8 Å². The Morgan fingerprint density at radius 2 is 1.74 bits per heavy atom. The second kappa shape index (κ2) is 5.62. The van der Waals surface area contributed by atoms with Crippen molar-refractivity contribution in [1.82, 2.24) is 0 Å². The van der Waals surface area contributed by atoms with E-state index < -0.39 is 17.0 Å². The Balaban J connectivity index is 1.78. The van der Waals surface area contributed by atoms with Gasteiger partial charge in [-0.05, 0) is 80.6 Å². The van der Waals surface area contributed by atoms with Crippen molar-refractivity contribution in [3.05, 3.63) is 22.9 Å². The topological polar surface area (TPSA) is 94.8 Å². The molecule has 0 saturated heterocycles. The SMILES string of the molecule is CC(=O)[C@@H]1[C@H](C)C[C@H]2[C@@H]3CCC4=C(O)C(=O)C(O)=C(O)[C@]4(C)[C@H]3CC[C@]12C. The zero-order valence-corrected chi connectivity index (χ0v) is 16.6. The van der Waals surface area contributed by atoms with Gasteiger partial charge in [0, 0.05) is 5.92 Å². The predicted octanol–water partition coefficient (Wildman–Crippen LogP) is 4.40. The monoisotopic (exact) mass is 374 g/mol. The highest BCUT2D eigenvalue weighted by atomic mass is 16.3. The lowest BCUT2D eigenvalue weighted by atomic mass is 9.47. The number of allylic oxidation sites excluding steroid dienone is 1. The smallest absolute Gasteiger partial charge is 0.265 e. The highest BCUT2D eigenvalue weighted by Gasteiger charge is 2.63. The van der Waals surface area contributed by atoms with Crippen LogP contribution in [0.1, 0.15) is 59.8 Å². The Morgan fingerprint density at radius 3 is 2.37 bits per heavy atom. The van der Waals surface area contributed by atoms with E-state index in [0.29, 0.717) is 29.7 Å². The van der Waals surface area contributed by atoms with Crippen LogP contribution in [-0.4, -0.2) is 26.9 Å². The first-order valence-electron chi connectivity index (χ1n) is 10.2. The Labute approximate surface area is 160 Å². The van der Waals surface area contributed by atoms with Gasteiger partial charge in [-0.3, -0.25) is 9.59 Å². The number of rotatable bonds is 1. The van der Waals surface area contributed by atoms with Crippen LogP contribution in [0.2, 0.25) is 0 Å². The van der Waals surface area contributed by atoms with E-state index in [2.05, 4.69) is 13.8 Å². The van der Waals surface area contributed by atoms with Crippen molar-refractivity contribution in [3.8, 4) is 0 Å². The molecule has 5 heteroatoms. The summed E-state index contributed by atoms with van der Waals surface area (Å²) in [5, 5.41) is 31.3. The standard InChI is InChI=1S/C22H30O5/c1-10-9-15-12-5-6-14-17(24)18(25)19(26)20(27)22(14,4)13(12)7-8-21(15,3)16(10)11(2)23/h10,12-13,15-16,24,26-27H,5-9H2,1-4H3/t10-,12-,13+,15+,16+,21+,22-/m1/s1. The van der Waals surface area contributed by atoms with Gasteiger partial charge in [0.25, 0.3) is 5.78 Å². The molecule has 4 aliphatic carbocycles. The van der Waals surface area contributed by atoms with Crippen molar-refractivity contribution in [2.75, 3.05) is 0 Å². The Hall–Kier alpha value is -1.78. The molecule has 0 bridgehead atoms. The Morgan fingerprint density at radius 1 is 1.07 bits per heavy atom. The fourth-order valence-corrected chi connectivity index (χ4v) is 7.72. The molecule has 3 saturated carbocycles. The summed E-state index contributed by atoms with van der Waals surface area (Å²) in [7, 11) is 0. The number of hydrogen-bond donors (Lipinski definition) is 3. The molecule has 0 unspecified atom stereocenters. The molecular formula is C22H30O5. The molecule has 0 aromatic carbocycles. The van der Waals surface area contributed by atoms with Gasteiger partial charge < -0.3 is 15.3 Å². The summed E-state index contributed by atoms with van der Waals surface area (Å²) < 4.78 is 0. The van der Waals surface area contributed by atoms with Gasteiger partial charge in [0.15, 0.2) is 5.76 Å². The highest BCUT2D eigenvalue weighted by Crippen LogP contribution is 2.68. The first-order valence-corrected chi connectivity index (χ1v) is 10.2. The molecule has 4 rings (SSSR count). The summed E-state index contributed by atoms with van der Waals surface area (Å²) in [6, 6.07) is 0. The van der Waals surface area contributed by atoms with E-state index >= 15 is 0 Å². The maximum absolute atomic E-state index is 12.4. The van der Waals surface area contributed by atoms with Crippen LogP contribution >= 0.6 is 0 Å². The second-order valence-electron chi connectivity index (χ2n) is 9.82. The molecule has 0 aromatic rings. The van der Waals surface area contributed by atoms with Crippen molar-refractivity contribution in [1.29, 1.82) is 0 Å². The van der Waals surface area contributed by atoms with Gasteiger partial charge in [-0.2, -0.15) is 0 Å². The summed E-state index contributed by atoms with van der Waals surface area (Å²) in [5.41, 5.74) is -0.358. The van der Waals surface area contributed by atoms with Crippen LogP contribution in [0.4, 0.5) is 0 Å². The molecule has 0 spiro atoms. The Kier molecular flexibility index (Phi) is 3.86. The molecule has 7 atom stereocenters. The third-order valence-corrected chi connectivity index (χ3v) is 8.75. The number of Topliss-reactive ketones (excluding diaryl/α,β-unsaturated/α-hetero) is 2. The van der Waals surface area contributed by atoms with E-state index in [4.69, 9.17) is 0 Å². The third-order valence-electron chi connectivity index (χ3n) is 8.75. The molecule has 0 radical (unpaired) electrons. The molecule has 5 nitrogen and oxygen atoms in total. The fourth-order valence-electron chi connectivity index (χ4n) is 7.72. The van der Waals surface area contributed by atoms with Gasteiger partial charge >= 0.3 is 0 Å². The number of carbonyl (C=O) groups is 2. The van der Waals surface area contributed by atoms with Crippen molar-refractivity contribution >= 4 is 11.6 Å². The summed E-state index contributed by atoms with van der Waals surface area (Å²) in [4.78, 5) is 24.5. The zero-order chi connectivity index (χ0) is 19.9. The van der Waals surface area contributed by atoms with E-state index in [0.717, 1.165) is 25.7 Å². The Bertz CT molecular complexity index is 793. The largest absolute Gasteiger partial charge is 0.507 e. The van der Waals surface area contributed by atoms with Crippen LogP contribution < -0.4 is 0 Å². The number of hydrogen-bond acceptors (Lipinski definition) is 5. The number of fused-ring (bicyclic) bond motifs is 5. The second-order valence-corrected chi connectivity index (χ2v) is 9.82. The average Bonchev–Trinajstić information content (AvgIpc) is 2.88. The number of aliphatic hydroxyl groups is 3. The quantitative estimate of drug-likeness (QED) is 0.632. The van der Waals surface area contributed by atoms with Crippen LogP contribution in [0.3, 0.4) is 0 Å². The highest BCUT2D eigenvalue weighted by molar-refractivity contribution is 6.07. The van der Waals surface area contributed by atoms with Crippen LogP contribution in [0, 0.1) is 40.4 Å². The minimum absolute atomic E-state index is 0.0299. The summed E-state index contributed by atoms with van der Waals surface area (Å²) >= 11 is 0. The van der Waals surface area contributed by atoms with Crippen molar-refractivity contribution in [2.45, 2.75) is 59.8 Å². The van der Waals surface area contributed by atoms with E-state index in [1.807, 2.05) is 6.92 Å². The van der Waals surface area contributed by atoms with E-state index in [1.54, 1.807) is 6.92 Å². The normalized spacial score (nSPS) is 46.8. The summed E-state index contributed by atoms with van der Waals surface area (Å²) in [5.74, 6) is -0.821. The zero-order valence-electron chi connectivity index (χ0n) is 16.6. The van der Waals surface area contributed by atoms with E-state index in [1.165, 1.54) is 0 Å².